The van der Waals surface area contributed by atoms with Gasteiger partial charge in [-0.25, -0.2) is 4.39 Å². The van der Waals surface area contributed by atoms with Gasteiger partial charge in [0.2, 0.25) is 0 Å². The first kappa shape index (κ1) is 16.5. The molecular formula is C20H20FN5. The second kappa shape index (κ2) is 6.72. The van der Waals surface area contributed by atoms with Crippen molar-refractivity contribution < 1.29 is 4.39 Å². The molecule has 1 aliphatic heterocycles. The lowest BCUT2D eigenvalue weighted by Gasteiger charge is -2.25. The van der Waals surface area contributed by atoms with Crippen LogP contribution in [0, 0.1) is 5.82 Å². The molecule has 2 N–H and O–H groups in total. The van der Waals surface area contributed by atoms with Crippen LogP contribution < -0.4 is 10.6 Å². The second-order valence-electron chi connectivity index (χ2n) is 6.53. The molecule has 3 aromatic rings. The van der Waals surface area contributed by atoms with Gasteiger partial charge in [0.1, 0.15) is 11.6 Å². The van der Waals surface area contributed by atoms with Crippen LogP contribution in [0.25, 0.3) is 11.3 Å². The quantitative estimate of drug-likeness (QED) is 0.768. The van der Waals surface area contributed by atoms with E-state index < -0.39 is 0 Å². The van der Waals surface area contributed by atoms with E-state index in [1.54, 1.807) is 12.1 Å². The smallest absolute Gasteiger partial charge is 0.146 e. The maximum absolute atomic E-state index is 14.4. The van der Waals surface area contributed by atoms with E-state index >= 15 is 0 Å². The van der Waals surface area contributed by atoms with Crippen molar-refractivity contribution in [3.8, 4) is 11.3 Å². The molecule has 1 aliphatic rings. The molecule has 26 heavy (non-hydrogen) atoms. The van der Waals surface area contributed by atoms with E-state index in [2.05, 4.69) is 28.2 Å². The predicted octanol–water partition coefficient (Wildman–Crippen LogP) is 3.45. The average Bonchev–Trinajstić information content (AvgIpc) is 2.80. The van der Waals surface area contributed by atoms with E-state index in [9.17, 15) is 4.39 Å². The van der Waals surface area contributed by atoms with Crippen LogP contribution >= 0.6 is 0 Å². The highest BCUT2D eigenvalue weighted by molar-refractivity contribution is 5.72. The number of anilines is 3. The van der Waals surface area contributed by atoms with Crippen molar-refractivity contribution in [3.63, 3.8) is 0 Å². The van der Waals surface area contributed by atoms with E-state index in [1.165, 1.54) is 6.07 Å². The number of para-hydroxylation sites is 1. The summed E-state index contributed by atoms with van der Waals surface area (Å²) < 4.78 is 14.4. The number of fused-ring (bicyclic) bond motifs is 1. The fourth-order valence-electron chi connectivity index (χ4n) is 3.31. The van der Waals surface area contributed by atoms with Crippen molar-refractivity contribution in [1.82, 2.24) is 15.1 Å². The van der Waals surface area contributed by atoms with Crippen molar-refractivity contribution >= 4 is 17.2 Å². The summed E-state index contributed by atoms with van der Waals surface area (Å²) in [6.45, 7) is 2.36. The Morgan fingerprint density at radius 1 is 0.962 bits per heavy atom. The summed E-state index contributed by atoms with van der Waals surface area (Å²) in [4.78, 5) is 4.28. The molecule has 6 heteroatoms. The Hall–Kier alpha value is -2.99. The zero-order chi connectivity index (χ0) is 18.1. The van der Waals surface area contributed by atoms with Gasteiger partial charge in [-0.1, -0.05) is 18.2 Å². The summed E-state index contributed by atoms with van der Waals surface area (Å²) in [6.07, 6.45) is 0. The van der Waals surface area contributed by atoms with Gasteiger partial charge in [0.15, 0.2) is 0 Å². The van der Waals surface area contributed by atoms with Crippen LogP contribution in [-0.2, 0) is 6.54 Å². The number of likely N-dealkylation sites (N-methyl/N-ethyl adjacent to an activating group) is 1. The minimum Gasteiger partial charge on any atom is -0.382 e. The Balaban J connectivity index is 1.79. The number of hydrogen-bond donors (Lipinski definition) is 1. The Morgan fingerprint density at radius 2 is 1.81 bits per heavy atom. The molecule has 5 nitrogen and oxygen atoms in total. The van der Waals surface area contributed by atoms with Crippen molar-refractivity contribution in [2.24, 2.45) is 0 Å². The summed E-state index contributed by atoms with van der Waals surface area (Å²) in [5.41, 5.74) is 10.1. The van der Waals surface area contributed by atoms with Gasteiger partial charge in [-0.3, -0.25) is 0 Å². The van der Waals surface area contributed by atoms with Crippen molar-refractivity contribution in [1.29, 1.82) is 0 Å². The third kappa shape index (κ3) is 3.11. The van der Waals surface area contributed by atoms with Gasteiger partial charge in [-0.05, 0) is 49.0 Å². The molecule has 2 heterocycles. The third-order valence-corrected chi connectivity index (χ3v) is 4.64. The van der Waals surface area contributed by atoms with Crippen LogP contribution in [0.2, 0.25) is 0 Å². The van der Waals surface area contributed by atoms with E-state index in [1.807, 2.05) is 35.2 Å². The minimum atomic E-state index is -0.212. The SMILES string of the molecule is CN1CCN(c2ccccc2F)c2ccc(-c3ccc(N)nn3)cc2C1. The number of nitrogens with two attached hydrogens (primary N) is 1. The highest BCUT2D eigenvalue weighted by Gasteiger charge is 2.21. The first-order valence-corrected chi connectivity index (χ1v) is 8.55. The number of nitrogen functional groups attached to an aromatic ring is 1. The zero-order valence-corrected chi connectivity index (χ0v) is 14.6. The largest absolute Gasteiger partial charge is 0.382 e. The summed E-state index contributed by atoms with van der Waals surface area (Å²) >= 11 is 0. The van der Waals surface area contributed by atoms with Crippen molar-refractivity contribution in [2.45, 2.75) is 6.54 Å². The number of nitrogens with zero attached hydrogens (tertiary/aromatic N) is 4. The second-order valence-corrected chi connectivity index (χ2v) is 6.53. The monoisotopic (exact) mass is 349 g/mol. The van der Waals surface area contributed by atoms with E-state index in [4.69, 9.17) is 5.73 Å². The lowest BCUT2D eigenvalue weighted by atomic mass is 10.0. The van der Waals surface area contributed by atoms with Gasteiger partial charge in [-0.15, -0.1) is 10.2 Å². The number of benzene rings is 2. The Bertz CT molecular complexity index is 926. The Kier molecular flexibility index (Phi) is 4.26. The van der Waals surface area contributed by atoms with Crippen LogP contribution in [0.5, 0.6) is 0 Å². The number of halogens is 1. The van der Waals surface area contributed by atoms with Crippen LogP contribution in [0.1, 0.15) is 5.56 Å². The molecule has 0 bridgehead atoms. The summed E-state index contributed by atoms with van der Waals surface area (Å²) in [7, 11) is 2.07. The first-order valence-electron chi connectivity index (χ1n) is 8.55. The average molecular weight is 349 g/mol. The predicted molar refractivity (Wildman–Crippen MR) is 102 cm³/mol. The highest BCUT2D eigenvalue weighted by Crippen LogP contribution is 2.35. The van der Waals surface area contributed by atoms with E-state index in [0.29, 0.717) is 11.5 Å². The van der Waals surface area contributed by atoms with Crippen LogP contribution in [-0.4, -0.2) is 35.2 Å². The Labute approximate surface area is 151 Å². The van der Waals surface area contributed by atoms with Gasteiger partial charge in [0.25, 0.3) is 0 Å². The van der Waals surface area contributed by atoms with E-state index in [-0.39, 0.29) is 5.82 Å². The summed E-state index contributed by atoms with van der Waals surface area (Å²) in [5, 5.41) is 8.10. The van der Waals surface area contributed by atoms with Gasteiger partial charge in [-0.2, -0.15) is 0 Å². The van der Waals surface area contributed by atoms with Crippen LogP contribution in [0.3, 0.4) is 0 Å². The van der Waals surface area contributed by atoms with Gasteiger partial charge < -0.3 is 15.5 Å². The van der Waals surface area contributed by atoms with Crippen molar-refractivity contribution in [2.75, 3.05) is 30.8 Å². The van der Waals surface area contributed by atoms with Gasteiger partial charge in [0.05, 0.1) is 11.4 Å². The Morgan fingerprint density at radius 3 is 2.58 bits per heavy atom. The molecule has 0 spiro atoms. The van der Waals surface area contributed by atoms with Crippen LogP contribution in [0.4, 0.5) is 21.6 Å². The highest BCUT2D eigenvalue weighted by atomic mass is 19.1. The normalized spacial score (nSPS) is 14.8. The summed E-state index contributed by atoms with van der Waals surface area (Å²) in [6, 6.07) is 16.6. The maximum atomic E-state index is 14.4. The lowest BCUT2D eigenvalue weighted by Crippen LogP contribution is -2.26. The molecule has 4 rings (SSSR count). The molecule has 0 fully saturated rings. The molecule has 0 radical (unpaired) electrons. The van der Waals surface area contributed by atoms with Gasteiger partial charge >= 0.3 is 0 Å². The number of aromatic nitrogens is 2. The molecule has 1 aromatic heterocycles. The van der Waals surface area contributed by atoms with Crippen molar-refractivity contribution in [3.05, 3.63) is 66.0 Å². The summed E-state index contributed by atoms with van der Waals surface area (Å²) in [5.74, 6) is 0.186. The van der Waals surface area contributed by atoms with Gasteiger partial charge in [0, 0.05) is 30.9 Å². The zero-order valence-electron chi connectivity index (χ0n) is 14.6. The van der Waals surface area contributed by atoms with Crippen LogP contribution in [0.15, 0.2) is 54.6 Å². The fraction of sp³-hybridized carbons (Fsp3) is 0.200. The fourth-order valence-corrected chi connectivity index (χ4v) is 3.31. The molecule has 132 valence electrons. The standard InChI is InChI=1S/C20H20FN5/c1-25-10-11-26(19-5-3-2-4-16(19)21)18-8-6-14(12-15(18)13-25)17-7-9-20(22)24-23-17/h2-9,12H,10-11,13H2,1H3,(H2,22,24). The maximum Gasteiger partial charge on any atom is 0.146 e. The molecule has 0 saturated carbocycles. The number of rotatable bonds is 2. The first-order chi connectivity index (χ1) is 12.6. The number of hydrogen-bond acceptors (Lipinski definition) is 5. The molecule has 0 aliphatic carbocycles. The molecule has 2 aromatic carbocycles. The molecule has 0 saturated heterocycles. The lowest BCUT2D eigenvalue weighted by molar-refractivity contribution is 0.343. The minimum absolute atomic E-state index is 0.212. The van der Waals surface area contributed by atoms with E-state index in [0.717, 1.165) is 42.1 Å². The molecule has 0 amide bonds. The molecule has 0 atom stereocenters. The molecular weight excluding hydrogens is 329 g/mol. The third-order valence-electron chi connectivity index (χ3n) is 4.64. The topological polar surface area (TPSA) is 58.3 Å². The molecule has 0 unspecified atom stereocenters.